The Morgan fingerprint density at radius 1 is 1.69 bits per heavy atom. The number of hydrogen-bond acceptors (Lipinski definition) is 2. The highest BCUT2D eigenvalue weighted by Gasteiger charge is 2.14. The summed E-state index contributed by atoms with van der Waals surface area (Å²) >= 11 is 6.64. The number of carbonyl (C=O) groups excluding carboxylic acids is 1. The lowest BCUT2D eigenvalue weighted by Crippen LogP contribution is -2.27. The Balaban J connectivity index is 2.66. The fraction of sp³-hybridized carbons (Fsp3) is 0.375. The fourth-order valence-corrected chi connectivity index (χ4v) is 1.90. The summed E-state index contributed by atoms with van der Waals surface area (Å²) in [6.07, 6.45) is 0. The zero-order valence-corrected chi connectivity index (χ0v) is 11.6. The van der Waals surface area contributed by atoms with E-state index in [2.05, 4.69) is 47.2 Å². The molecule has 1 amide bonds. The van der Waals surface area contributed by atoms with E-state index in [0.29, 0.717) is 12.2 Å². The van der Waals surface area contributed by atoms with E-state index in [-0.39, 0.29) is 12.5 Å². The van der Waals surface area contributed by atoms with Crippen LogP contribution in [0.15, 0.2) is 20.3 Å². The minimum Gasteiger partial charge on any atom is -0.351 e. The molecule has 0 aliphatic rings. The lowest BCUT2D eigenvalue weighted by molar-refractivity contribution is 0.0946. The molecule has 1 N–H and O–H groups in total. The van der Waals surface area contributed by atoms with Gasteiger partial charge in [-0.1, -0.05) is 5.11 Å². The number of azide groups is 1. The Kier molecular flexibility index (Phi) is 4.85. The third kappa shape index (κ3) is 3.01. The number of carbonyl (C=O) groups is 1. The molecule has 0 aliphatic carbocycles. The van der Waals surface area contributed by atoms with Gasteiger partial charge in [0.05, 0.1) is 9.08 Å². The van der Waals surface area contributed by atoms with E-state index >= 15 is 0 Å². The molecule has 0 saturated heterocycles. The predicted octanol–water partition coefficient (Wildman–Crippen LogP) is 2.59. The fourth-order valence-electron chi connectivity index (χ4n) is 1.11. The van der Waals surface area contributed by atoms with Crippen molar-refractivity contribution in [3.8, 4) is 0 Å². The Morgan fingerprint density at radius 3 is 2.88 bits per heavy atom. The molecular formula is C8H9Br2N5O. The van der Waals surface area contributed by atoms with Crippen molar-refractivity contribution < 1.29 is 4.79 Å². The van der Waals surface area contributed by atoms with E-state index in [1.165, 1.54) is 0 Å². The van der Waals surface area contributed by atoms with E-state index < -0.39 is 0 Å². The van der Waals surface area contributed by atoms with Gasteiger partial charge in [-0.05, 0) is 43.5 Å². The molecule has 16 heavy (non-hydrogen) atoms. The van der Waals surface area contributed by atoms with Crippen LogP contribution in [0.1, 0.15) is 10.5 Å². The maximum Gasteiger partial charge on any atom is 0.267 e. The quantitative estimate of drug-likeness (QED) is 0.385. The minimum atomic E-state index is -0.206. The second-order valence-electron chi connectivity index (χ2n) is 2.94. The molecular weight excluding hydrogens is 342 g/mol. The lowest BCUT2D eigenvalue weighted by Gasteiger charge is -2.04. The number of nitrogens with one attached hydrogen (secondary N) is 1. The summed E-state index contributed by atoms with van der Waals surface area (Å²) in [5.41, 5.74) is 8.59. The zero-order valence-electron chi connectivity index (χ0n) is 8.44. The SMILES string of the molecule is Cn1c(C(=O)NCCN=[N+]=[N-])cc(Br)c1Br. The summed E-state index contributed by atoms with van der Waals surface area (Å²) < 4.78 is 3.33. The smallest absolute Gasteiger partial charge is 0.267 e. The molecule has 0 aliphatic heterocycles. The first-order valence-electron chi connectivity index (χ1n) is 4.37. The normalized spacial score (nSPS) is 9.69. The number of halogens is 2. The van der Waals surface area contributed by atoms with Gasteiger partial charge in [0.15, 0.2) is 0 Å². The number of aromatic nitrogens is 1. The van der Waals surface area contributed by atoms with Crippen LogP contribution in [-0.4, -0.2) is 23.6 Å². The van der Waals surface area contributed by atoms with Crippen LogP contribution in [0.2, 0.25) is 0 Å². The molecule has 8 heteroatoms. The molecule has 0 fully saturated rings. The van der Waals surface area contributed by atoms with Gasteiger partial charge in [-0.2, -0.15) is 0 Å². The molecule has 0 spiro atoms. The predicted molar refractivity (Wildman–Crippen MR) is 67.2 cm³/mol. The Morgan fingerprint density at radius 2 is 2.38 bits per heavy atom. The van der Waals surface area contributed by atoms with Crippen LogP contribution in [0, 0.1) is 0 Å². The Bertz CT molecular complexity index is 450. The van der Waals surface area contributed by atoms with Gasteiger partial charge < -0.3 is 9.88 Å². The van der Waals surface area contributed by atoms with Gasteiger partial charge in [-0.25, -0.2) is 0 Å². The Labute approximate surface area is 109 Å². The van der Waals surface area contributed by atoms with Crippen LogP contribution in [0.5, 0.6) is 0 Å². The molecule has 0 saturated carbocycles. The molecule has 1 aromatic rings. The van der Waals surface area contributed by atoms with Crippen LogP contribution >= 0.6 is 31.9 Å². The van der Waals surface area contributed by atoms with Gasteiger partial charge in [-0.15, -0.1) is 0 Å². The van der Waals surface area contributed by atoms with Crippen molar-refractivity contribution in [2.24, 2.45) is 12.2 Å². The van der Waals surface area contributed by atoms with Crippen molar-refractivity contribution in [2.45, 2.75) is 0 Å². The summed E-state index contributed by atoms with van der Waals surface area (Å²) in [4.78, 5) is 14.3. The summed E-state index contributed by atoms with van der Waals surface area (Å²) in [5.74, 6) is -0.206. The van der Waals surface area contributed by atoms with Gasteiger partial charge >= 0.3 is 0 Å². The van der Waals surface area contributed by atoms with Crippen molar-refractivity contribution in [1.29, 1.82) is 0 Å². The van der Waals surface area contributed by atoms with E-state index in [4.69, 9.17) is 5.53 Å². The summed E-state index contributed by atoms with van der Waals surface area (Å²) in [6.45, 7) is 0.568. The van der Waals surface area contributed by atoms with Crippen molar-refractivity contribution in [1.82, 2.24) is 9.88 Å². The Hall–Kier alpha value is -0.980. The van der Waals surface area contributed by atoms with Crippen molar-refractivity contribution >= 4 is 37.8 Å². The second-order valence-corrected chi connectivity index (χ2v) is 4.54. The molecule has 1 rings (SSSR count). The average molecular weight is 351 g/mol. The summed E-state index contributed by atoms with van der Waals surface area (Å²) in [5, 5.41) is 5.97. The van der Waals surface area contributed by atoms with Gasteiger partial charge in [-0.3, -0.25) is 4.79 Å². The molecule has 0 aromatic carbocycles. The van der Waals surface area contributed by atoms with Crippen LogP contribution in [-0.2, 0) is 7.05 Å². The monoisotopic (exact) mass is 349 g/mol. The minimum absolute atomic E-state index is 0.206. The second kappa shape index (κ2) is 5.93. The molecule has 86 valence electrons. The molecule has 0 radical (unpaired) electrons. The molecule has 0 unspecified atom stereocenters. The topological polar surface area (TPSA) is 82.8 Å². The summed E-state index contributed by atoms with van der Waals surface area (Å²) in [6, 6.07) is 1.72. The van der Waals surface area contributed by atoms with Gasteiger partial charge in [0.25, 0.3) is 5.91 Å². The van der Waals surface area contributed by atoms with Gasteiger partial charge in [0.2, 0.25) is 0 Å². The van der Waals surface area contributed by atoms with E-state index in [0.717, 1.165) is 9.08 Å². The molecule has 0 bridgehead atoms. The van der Waals surface area contributed by atoms with Crippen molar-refractivity contribution in [3.05, 3.63) is 31.3 Å². The van der Waals surface area contributed by atoms with Crippen molar-refractivity contribution in [2.75, 3.05) is 13.1 Å². The standard InChI is InChI=1S/C8H9Br2N5O/c1-15-6(4-5(9)7(15)10)8(16)12-2-3-13-14-11/h4H,2-3H2,1H3,(H,12,16). The first kappa shape index (κ1) is 13.1. The first-order chi connectivity index (χ1) is 7.57. The molecule has 1 aromatic heterocycles. The molecule has 0 atom stereocenters. The van der Waals surface area contributed by atoms with Gasteiger partial charge in [0, 0.05) is 25.0 Å². The number of amides is 1. The van der Waals surface area contributed by atoms with E-state index in [1.807, 2.05) is 0 Å². The largest absolute Gasteiger partial charge is 0.351 e. The molecule has 1 heterocycles. The van der Waals surface area contributed by atoms with E-state index in [1.54, 1.807) is 17.7 Å². The lowest BCUT2D eigenvalue weighted by atomic mass is 10.4. The average Bonchev–Trinajstić information content (AvgIpc) is 2.52. The van der Waals surface area contributed by atoms with Crippen LogP contribution in [0.3, 0.4) is 0 Å². The number of rotatable bonds is 4. The third-order valence-electron chi connectivity index (χ3n) is 1.91. The zero-order chi connectivity index (χ0) is 12.1. The summed E-state index contributed by atoms with van der Waals surface area (Å²) in [7, 11) is 1.77. The van der Waals surface area contributed by atoms with E-state index in [9.17, 15) is 4.79 Å². The number of hydrogen-bond donors (Lipinski definition) is 1. The molecule has 6 nitrogen and oxygen atoms in total. The van der Waals surface area contributed by atoms with Gasteiger partial charge in [0.1, 0.15) is 5.69 Å². The van der Waals surface area contributed by atoms with Crippen molar-refractivity contribution in [3.63, 3.8) is 0 Å². The maximum absolute atomic E-state index is 11.7. The van der Waals surface area contributed by atoms with Crippen LogP contribution in [0.25, 0.3) is 10.4 Å². The van der Waals surface area contributed by atoms with Crippen LogP contribution in [0.4, 0.5) is 0 Å². The highest BCUT2D eigenvalue weighted by Crippen LogP contribution is 2.25. The maximum atomic E-state index is 11.7. The highest BCUT2D eigenvalue weighted by atomic mass is 79.9. The van der Waals surface area contributed by atoms with Crippen LogP contribution < -0.4 is 5.32 Å². The first-order valence-corrected chi connectivity index (χ1v) is 5.96. The highest BCUT2D eigenvalue weighted by molar-refractivity contribution is 9.13. The number of nitrogens with zero attached hydrogens (tertiary/aromatic N) is 4. The third-order valence-corrected chi connectivity index (χ3v) is 4.01.